The summed E-state index contributed by atoms with van der Waals surface area (Å²) in [6.07, 6.45) is -1.77. The highest BCUT2D eigenvalue weighted by molar-refractivity contribution is 7.92. The highest BCUT2D eigenvalue weighted by Gasteiger charge is 2.34. The van der Waals surface area contributed by atoms with E-state index in [0.29, 0.717) is 5.02 Å². The van der Waals surface area contributed by atoms with Crippen LogP contribution in [0, 0.1) is 0 Å². The summed E-state index contributed by atoms with van der Waals surface area (Å²) in [5.74, 6) is 0. The molecule has 2 unspecified atom stereocenters. The highest BCUT2D eigenvalue weighted by atomic mass is 35.5. The maximum atomic E-state index is 14.2. The van der Waals surface area contributed by atoms with Crippen molar-refractivity contribution >= 4 is 21.4 Å². The Kier molecular flexibility index (Phi) is 4.42. The largest absolute Gasteiger partial charge is 0.384 e. The summed E-state index contributed by atoms with van der Waals surface area (Å²) in [6.45, 7) is 0. The van der Waals surface area contributed by atoms with Gasteiger partial charge in [0.05, 0.1) is 4.90 Å². The predicted octanol–water partition coefficient (Wildman–Crippen LogP) is 3.14. The second-order valence-electron chi connectivity index (χ2n) is 4.21. The van der Waals surface area contributed by atoms with Gasteiger partial charge in [0.2, 0.25) is 15.3 Å². The lowest BCUT2D eigenvalue weighted by molar-refractivity contribution is 0.119. The minimum Gasteiger partial charge on any atom is -0.384 e. The maximum Gasteiger partial charge on any atom is 0.234 e. The molecule has 6 heteroatoms. The van der Waals surface area contributed by atoms with Gasteiger partial charge in [-0.25, -0.2) is 12.8 Å². The third-order valence-electron chi connectivity index (χ3n) is 2.83. The van der Waals surface area contributed by atoms with Gasteiger partial charge in [-0.2, -0.15) is 0 Å². The number of rotatable bonds is 4. The Bertz CT molecular complexity index is 671. The summed E-state index contributed by atoms with van der Waals surface area (Å²) < 4.78 is 38.3. The average molecular weight is 315 g/mol. The van der Waals surface area contributed by atoms with Crippen LogP contribution in [-0.2, 0) is 9.84 Å². The van der Waals surface area contributed by atoms with E-state index in [-0.39, 0.29) is 10.5 Å². The minimum atomic E-state index is -4.25. The van der Waals surface area contributed by atoms with Gasteiger partial charge in [-0.1, -0.05) is 41.9 Å². The van der Waals surface area contributed by atoms with Crippen LogP contribution in [0.3, 0.4) is 0 Å². The van der Waals surface area contributed by atoms with Crippen LogP contribution < -0.4 is 0 Å². The molecule has 0 aliphatic heterocycles. The molecule has 3 nitrogen and oxygen atoms in total. The molecule has 20 heavy (non-hydrogen) atoms. The van der Waals surface area contributed by atoms with Crippen LogP contribution in [0.2, 0.25) is 5.02 Å². The Morgan fingerprint density at radius 3 is 2.10 bits per heavy atom. The van der Waals surface area contributed by atoms with Gasteiger partial charge < -0.3 is 5.11 Å². The molecule has 2 atom stereocenters. The fourth-order valence-electron chi connectivity index (χ4n) is 1.72. The first-order chi connectivity index (χ1) is 9.43. The van der Waals surface area contributed by atoms with Crippen molar-refractivity contribution in [1.29, 1.82) is 0 Å². The van der Waals surface area contributed by atoms with Crippen LogP contribution in [0.15, 0.2) is 59.5 Å². The molecule has 0 aliphatic rings. The molecule has 0 saturated heterocycles. The van der Waals surface area contributed by atoms with E-state index in [2.05, 4.69) is 0 Å². The van der Waals surface area contributed by atoms with Gasteiger partial charge in [-0.3, -0.25) is 0 Å². The molecular formula is C14H12ClFO3S. The molecule has 0 spiro atoms. The first kappa shape index (κ1) is 15.0. The molecule has 0 aliphatic carbocycles. The summed E-state index contributed by atoms with van der Waals surface area (Å²) in [5, 5.41) is 10.3. The average Bonchev–Trinajstić information content (AvgIpc) is 2.47. The van der Waals surface area contributed by atoms with E-state index >= 15 is 0 Å². The van der Waals surface area contributed by atoms with E-state index < -0.39 is 21.4 Å². The number of sulfone groups is 1. The number of alkyl halides is 1. The summed E-state index contributed by atoms with van der Waals surface area (Å²) in [5.41, 5.74) is -2.28. The molecule has 2 rings (SSSR count). The molecule has 2 aromatic rings. The number of halogens is 2. The Labute approximate surface area is 121 Å². The lowest BCUT2D eigenvalue weighted by Gasteiger charge is -2.16. The van der Waals surface area contributed by atoms with Crippen LogP contribution in [0.4, 0.5) is 4.39 Å². The summed E-state index contributed by atoms with van der Waals surface area (Å²) in [6, 6.07) is 12.9. The number of benzene rings is 2. The fraction of sp³-hybridized carbons (Fsp3) is 0.143. The van der Waals surface area contributed by atoms with Gasteiger partial charge in [0.15, 0.2) is 0 Å². The van der Waals surface area contributed by atoms with Gasteiger partial charge in [-0.05, 0) is 29.8 Å². The van der Waals surface area contributed by atoms with Crippen molar-refractivity contribution < 1.29 is 17.9 Å². The minimum absolute atomic E-state index is 0.154. The second kappa shape index (κ2) is 5.91. The number of hydrogen-bond acceptors (Lipinski definition) is 3. The smallest absolute Gasteiger partial charge is 0.234 e. The molecule has 2 aromatic carbocycles. The molecule has 0 aromatic heterocycles. The van der Waals surface area contributed by atoms with Gasteiger partial charge in [0.1, 0.15) is 6.10 Å². The lowest BCUT2D eigenvalue weighted by Crippen LogP contribution is -2.24. The quantitative estimate of drug-likeness (QED) is 0.943. The third-order valence-corrected chi connectivity index (χ3v) is 4.86. The van der Waals surface area contributed by atoms with E-state index in [1.54, 1.807) is 6.07 Å². The van der Waals surface area contributed by atoms with Crippen molar-refractivity contribution in [1.82, 2.24) is 0 Å². The zero-order valence-electron chi connectivity index (χ0n) is 10.3. The second-order valence-corrected chi connectivity index (χ2v) is 6.65. The van der Waals surface area contributed by atoms with Crippen LogP contribution in [-0.4, -0.2) is 19.0 Å². The molecule has 0 heterocycles. The summed E-state index contributed by atoms with van der Waals surface area (Å²) in [7, 11) is -4.25. The highest BCUT2D eigenvalue weighted by Crippen LogP contribution is 2.28. The SMILES string of the molecule is O=S(=O)(c1ccccc1)C(F)C(O)c1ccc(Cl)cc1. The summed E-state index contributed by atoms with van der Waals surface area (Å²) in [4.78, 5) is -0.166. The number of aliphatic hydroxyl groups excluding tert-OH is 1. The standard InChI is InChI=1S/C14H12ClFO3S/c15-11-8-6-10(7-9-11)13(17)14(16)20(18,19)12-4-2-1-3-5-12/h1-9,13-14,17H. The zero-order valence-corrected chi connectivity index (χ0v) is 11.9. The van der Waals surface area contributed by atoms with Crippen molar-refractivity contribution in [2.45, 2.75) is 16.5 Å². The topological polar surface area (TPSA) is 54.4 Å². The Hall–Kier alpha value is -1.43. The summed E-state index contributed by atoms with van der Waals surface area (Å²) >= 11 is 5.69. The molecule has 0 amide bonds. The first-order valence-corrected chi connectivity index (χ1v) is 7.72. The van der Waals surface area contributed by atoms with Crippen molar-refractivity contribution in [3.05, 3.63) is 65.2 Å². The van der Waals surface area contributed by atoms with Gasteiger partial charge in [-0.15, -0.1) is 0 Å². The third kappa shape index (κ3) is 3.00. The molecule has 0 saturated carbocycles. The first-order valence-electron chi connectivity index (χ1n) is 5.79. The van der Waals surface area contributed by atoms with Crippen LogP contribution in [0.25, 0.3) is 0 Å². The predicted molar refractivity (Wildman–Crippen MR) is 74.9 cm³/mol. The van der Waals surface area contributed by atoms with E-state index in [9.17, 15) is 17.9 Å². The van der Waals surface area contributed by atoms with E-state index in [0.717, 1.165) is 0 Å². The van der Waals surface area contributed by atoms with Crippen molar-refractivity contribution in [2.24, 2.45) is 0 Å². The number of hydrogen-bond donors (Lipinski definition) is 1. The van der Waals surface area contributed by atoms with Crippen molar-refractivity contribution in [3.63, 3.8) is 0 Å². The van der Waals surface area contributed by atoms with E-state index in [4.69, 9.17) is 11.6 Å². The molecule has 0 radical (unpaired) electrons. The van der Waals surface area contributed by atoms with Crippen LogP contribution in [0.5, 0.6) is 0 Å². The van der Waals surface area contributed by atoms with Gasteiger partial charge in [0.25, 0.3) is 0 Å². The monoisotopic (exact) mass is 314 g/mol. The molecule has 0 bridgehead atoms. The van der Waals surface area contributed by atoms with E-state index in [1.165, 1.54) is 48.5 Å². The molecule has 0 fully saturated rings. The lowest BCUT2D eigenvalue weighted by atomic mass is 10.1. The normalized spacial score (nSPS) is 14.8. The van der Waals surface area contributed by atoms with Crippen LogP contribution >= 0.6 is 11.6 Å². The van der Waals surface area contributed by atoms with Crippen LogP contribution in [0.1, 0.15) is 11.7 Å². The van der Waals surface area contributed by atoms with Gasteiger partial charge >= 0.3 is 0 Å². The fourth-order valence-corrected chi connectivity index (χ4v) is 3.14. The Morgan fingerprint density at radius 1 is 1.00 bits per heavy atom. The zero-order chi connectivity index (χ0) is 14.8. The van der Waals surface area contributed by atoms with Crippen molar-refractivity contribution in [2.75, 3.05) is 0 Å². The number of aliphatic hydroxyl groups is 1. The Balaban J connectivity index is 2.31. The maximum absolute atomic E-state index is 14.2. The molecule has 1 N–H and O–H groups in total. The van der Waals surface area contributed by atoms with E-state index in [1.807, 2.05) is 0 Å². The van der Waals surface area contributed by atoms with Crippen molar-refractivity contribution in [3.8, 4) is 0 Å². The molecular weight excluding hydrogens is 303 g/mol. The van der Waals surface area contributed by atoms with Gasteiger partial charge in [0, 0.05) is 5.02 Å². The molecule has 106 valence electrons. The Morgan fingerprint density at radius 2 is 1.55 bits per heavy atom.